The van der Waals surface area contributed by atoms with Crippen LogP contribution in [0.15, 0.2) is 28.7 Å². The van der Waals surface area contributed by atoms with Crippen LogP contribution in [0.1, 0.15) is 18.5 Å². The van der Waals surface area contributed by atoms with Crippen LogP contribution in [0.3, 0.4) is 0 Å². The van der Waals surface area contributed by atoms with Crippen molar-refractivity contribution in [1.29, 1.82) is 5.26 Å². The molecule has 0 amide bonds. The maximum atomic E-state index is 9.19. The number of likely N-dealkylation sites (N-methyl/N-ethyl adjacent to an activating group) is 1. The maximum Gasteiger partial charge on any atom is 0.123 e. The van der Waals surface area contributed by atoms with Crippen molar-refractivity contribution in [3.8, 4) is 6.07 Å². The number of halogens is 1. The highest BCUT2D eigenvalue weighted by Gasteiger charge is 2.17. The molecule has 0 heterocycles. The lowest BCUT2D eigenvalue weighted by atomic mass is 10.1. The van der Waals surface area contributed by atoms with Gasteiger partial charge < -0.3 is 5.11 Å². The van der Waals surface area contributed by atoms with Crippen molar-refractivity contribution in [2.75, 3.05) is 19.7 Å². The van der Waals surface area contributed by atoms with Crippen LogP contribution < -0.4 is 0 Å². The predicted octanol–water partition coefficient (Wildman–Crippen LogP) is 2.33. The van der Waals surface area contributed by atoms with Crippen molar-refractivity contribution in [1.82, 2.24) is 4.90 Å². The normalized spacial score (nSPS) is 12.4. The molecule has 16 heavy (non-hydrogen) atoms. The lowest BCUT2D eigenvalue weighted by molar-refractivity contribution is 0.180. The molecule has 4 heteroatoms. The molecule has 1 rings (SSSR count). The Morgan fingerprint density at radius 3 is 2.50 bits per heavy atom. The Morgan fingerprint density at radius 1 is 1.44 bits per heavy atom. The molecular formula is C12H15BrN2O. The lowest BCUT2D eigenvalue weighted by Gasteiger charge is -2.24. The molecule has 1 N–H and O–H groups in total. The Balaban J connectivity index is 2.89. The second-order valence-corrected chi connectivity index (χ2v) is 4.35. The molecular weight excluding hydrogens is 268 g/mol. The third-order valence-corrected chi connectivity index (χ3v) is 3.00. The van der Waals surface area contributed by atoms with Gasteiger partial charge in [-0.2, -0.15) is 5.26 Å². The minimum absolute atomic E-state index is 0.0720. The van der Waals surface area contributed by atoms with E-state index in [1.54, 1.807) is 0 Å². The third kappa shape index (κ3) is 3.31. The zero-order valence-corrected chi connectivity index (χ0v) is 10.8. The van der Waals surface area contributed by atoms with Gasteiger partial charge in [-0.1, -0.05) is 35.0 Å². The first-order chi connectivity index (χ1) is 7.72. The molecule has 86 valence electrons. The summed E-state index contributed by atoms with van der Waals surface area (Å²) in [6, 6.07) is 9.69. The summed E-state index contributed by atoms with van der Waals surface area (Å²) in [5.74, 6) is 0. The minimum Gasteiger partial charge on any atom is -0.395 e. The predicted molar refractivity (Wildman–Crippen MR) is 66.8 cm³/mol. The van der Waals surface area contributed by atoms with Gasteiger partial charge >= 0.3 is 0 Å². The zero-order chi connectivity index (χ0) is 12.0. The fraction of sp³-hybridized carbons (Fsp3) is 0.417. The highest BCUT2D eigenvalue weighted by molar-refractivity contribution is 9.10. The number of benzene rings is 1. The fourth-order valence-electron chi connectivity index (χ4n) is 1.61. The summed E-state index contributed by atoms with van der Waals surface area (Å²) in [6.45, 7) is 3.32. The molecule has 0 saturated carbocycles. The van der Waals surface area contributed by atoms with E-state index >= 15 is 0 Å². The van der Waals surface area contributed by atoms with E-state index < -0.39 is 0 Å². The van der Waals surface area contributed by atoms with Gasteiger partial charge in [0.1, 0.15) is 6.04 Å². The topological polar surface area (TPSA) is 47.3 Å². The molecule has 0 bridgehead atoms. The fourth-order valence-corrected chi connectivity index (χ4v) is 1.87. The first kappa shape index (κ1) is 13.2. The summed E-state index contributed by atoms with van der Waals surface area (Å²) < 4.78 is 0.998. The Morgan fingerprint density at radius 2 is 2.06 bits per heavy atom. The van der Waals surface area contributed by atoms with Gasteiger partial charge in [0, 0.05) is 11.0 Å². The van der Waals surface area contributed by atoms with Gasteiger partial charge in [0.2, 0.25) is 0 Å². The molecule has 0 aliphatic carbocycles. The first-order valence-corrected chi connectivity index (χ1v) is 6.02. The Kier molecular flexibility index (Phi) is 5.47. The van der Waals surface area contributed by atoms with E-state index in [4.69, 9.17) is 5.11 Å². The third-order valence-electron chi connectivity index (χ3n) is 2.47. The van der Waals surface area contributed by atoms with Crippen molar-refractivity contribution in [2.45, 2.75) is 13.0 Å². The van der Waals surface area contributed by atoms with E-state index in [9.17, 15) is 5.26 Å². The molecule has 0 aliphatic heterocycles. The Labute approximate surface area is 104 Å². The molecule has 0 aromatic heterocycles. The smallest absolute Gasteiger partial charge is 0.123 e. The van der Waals surface area contributed by atoms with E-state index in [2.05, 4.69) is 22.0 Å². The number of hydrogen-bond donors (Lipinski definition) is 1. The van der Waals surface area contributed by atoms with Gasteiger partial charge in [0.15, 0.2) is 0 Å². The van der Waals surface area contributed by atoms with Crippen LogP contribution in [0.25, 0.3) is 0 Å². The average Bonchev–Trinajstić information content (AvgIpc) is 2.31. The standard InChI is InChI=1S/C12H15BrN2O/c1-2-15(7-8-16)12(9-14)10-3-5-11(13)6-4-10/h3-6,12,16H,2,7-8H2,1H3. The number of nitrogens with zero attached hydrogens (tertiary/aromatic N) is 2. The quantitative estimate of drug-likeness (QED) is 0.902. The van der Waals surface area contributed by atoms with Crippen LogP contribution in [-0.4, -0.2) is 29.7 Å². The summed E-state index contributed by atoms with van der Waals surface area (Å²) >= 11 is 3.36. The van der Waals surface area contributed by atoms with E-state index in [-0.39, 0.29) is 12.6 Å². The van der Waals surface area contributed by atoms with Crippen molar-refractivity contribution in [3.63, 3.8) is 0 Å². The average molecular weight is 283 g/mol. The van der Waals surface area contributed by atoms with Crippen LogP contribution in [0.5, 0.6) is 0 Å². The van der Waals surface area contributed by atoms with E-state index in [0.717, 1.165) is 16.6 Å². The molecule has 1 atom stereocenters. The van der Waals surface area contributed by atoms with E-state index in [0.29, 0.717) is 6.54 Å². The van der Waals surface area contributed by atoms with E-state index in [1.165, 1.54) is 0 Å². The molecule has 3 nitrogen and oxygen atoms in total. The molecule has 0 radical (unpaired) electrons. The van der Waals surface area contributed by atoms with Crippen molar-refractivity contribution >= 4 is 15.9 Å². The molecule has 0 fully saturated rings. The summed E-state index contributed by atoms with van der Waals surface area (Å²) in [5, 5.41) is 18.1. The second kappa shape index (κ2) is 6.64. The zero-order valence-electron chi connectivity index (χ0n) is 9.23. The summed E-state index contributed by atoms with van der Waals surface area (Å²) in [6.07, 6.45) is 0. The highest BCUT2D eigenvalue weighted by Crippen LogP contribution is 2.21. The highest BCUT2D eigenvalue weighted by atomic mass is 79.9. The monoisotopic (exact) mass is 282 g/mol. The van der Waals surface area contributed by atoms with Gasteiger partial charge in [0.25, 0.3) is 0 Å². The van der Waals surface area contributed by atoms with Crippen molar-refractivity contribution in [2.24, 2.45) is 0 Å². The second-order valence-electron chi connectivity index (χ2n) is 3.44. The van der Waals surface area contributed by atoms with Crippen LogP contribution in [0, 0.1) is 11.3 Å². The van der Waals surface area contributed by atoms with Crippen LogP contribution >= 0.6 is 15.9 Å². The van der Waals surface area contributed by atoms with E-state index in [1.807, 2.05) is 36.1 Å². The molecule has 1 aromatic carbocycles. The molecule has 1 unspecified atom stereocenters. The van der Waals surface area contributed by atoms with Crippen LogP contribution in [0.4, 0.5) is 0 Å². The number of aliphatic hydroxyl groups excluding tert-OH is 1. The molecule has 0 saturated heterocycles. The maximum absolute atomic E-state index is 9.19. The molecule has 1 aromatic rings. The van der Waals surface area contributed by atoms with Crippen LogP contribution in [-0.2, 0) is 0 Å². The van der Waals surface area contributed by atoms with Gasteiger partial charge in [-0.3, -0.25) is 4.90 Å². The van der Waals surface area contributed by atoms with Gasteiger partial charge in [-0.25, -0.2) is 0 Å². The summed E-state index contributed by atoms with van der Waals surface area (Å²) in [5.41, 5.74) is 0.959. The number of nitriles is 1. The molecule has 0 aliphatic rings. The Bertz CT molecular complexity index is 358. The summed E-state index contributed by atoms with van der Waals surface area (Å²) in [7, 11) is 0. The minimum atomic E-state index is -0.287. The first-order valence-electron chi connectivity index (χ1n) is 5.23. The number of rotatable bonds is 5. The van der Waals surface area contributed by atoms with Gasteiger partial charge in [-0.05, 0) is 24.2 Å². The van der Waals surface area contributed by atoms with Crippen molar-refractivity contribution in [3.05, 3.63) is 34.3 Å². The van der Waals surface area contributed by atoms with Gasteiger partial charge in [-0.15, -0.1) is 0 Å². The molecule has 0 spiro atoms. The lowest BCUT2D eigenvalue weighted by Crippen LogP contribution is -2.30. The largest absolute Gasteiger partial charge is 0.395 e. The number of hydrogen-bond acceptors (Lipinski definition) is 3. The Hall–Kier alpha value is -0.890. The van der Waals surface area contributed by atoms with Crippen LogP contribution in [0.2, 0.25) is 0 Å². The number of aliphatic hydroxyl groups is 1. The van der Waals surface area contributed by atoms with Crippen molar-refractivity contribution < 1.29 is 5.11 Å². The SMILES string of the molecule is CCN(CCO)C(C#N)c1ccc(Br)cc1. The summed E-state index contributed by atoms with van der Waals surface area (Å²) in [4.78, 5) is 1.95. The van der Waals surface area contributed by atoms with Gasteiger partial charge in [0.05, 0.1) is 12.7 Å².